The molecule has 5 heteroatoms. The molecule has 1 saturated heterocycles. The van der Waals surface area contributed by atoms with Crippen LogP contribution < -0.4 is 0 Å². The van der Waals surface area contributed by atoms with Gasteiger partial charge in [0.05, 0.1) is 5.25 Å². The number of hydrogen-bond acceptors (Lipinski definition) is 4. The van der Waals surface area contributed by atoms with Crippen molar-refractivity contribution in [2.45, 2.75) is 23.1 Å². The molecule has 4 rings (SSSR count). The highest BCUT2D eigenvalue weighted by Gasteiger charge is 2.32. The number of benzene rings is 1. The van der Waals surface area contributed by atoms with Crippen LogP contribution in [0.1, 0.15) is 11.1 Å². The maximum absolute atomic E-state index is 12.8. The third-order valence-electron chi connectivity index (χ3n) is 4.74. The summed E-state index contributed by atoms with van der Waals surface area (Å²) in [4.78, 5) is 22.7. The Balaban J connectivity index is 1.31. The second-order valence-electron chi connectivity index (χ2n) is 6.38. The standard InChI is InChI=1S/C19H21N3OS/c23-19(18-12-16-5-1-2-6-17(16)24-18)22-10-8-21(9-11-22)14-15-4-3-7-20-13-15/h1-7,13,18H,8-12,14H2. The highest BCUT2D eigenvalue weighted by Crippen LogP contribution is 2.37. The molecule has 124 valence electrons. The van der Waals surface area contributed by atoms with Crippen LogP contribution in [-0.4, -0.2) is 52.1 Å². The number of hydrogen-bond donors (Lipinski definition) is 0. The Hall–Kier alpha value is -1.85. The number of amides is 1. The van der Waals surface area contributed by atoms with Crippen molar-refractivity contribution in [1.82, 2.24) is 14.8 Å². The van der Waals surface area contributed by atoms with Gasteiger partial charge in [-0.25, -0.2) is 0 Å². The van der Waals surface area contributed by atoms with Gasteiger partial charge in [-0.1, -0.05) is 24.3 Å². The first-order chi connectivity index (χ1) is 11.8. The fraction of sp³-hybridized carbons (Fsp3) is 0.368. The van der Waals surface area contributed by atoms with Gasteiger partial charge in [-0.2, -0.15) is 0 Å². The Morgan fingerprint density at radius 2 is 1.96 bits per heavy atom. The van der Waals surface area contributed by atoms with Crippen molar-refractivity contribution in [3.8, 4) is 0 Å². The average molecular weight is 339 g/mol. The highest BCUT2D eigenvalue weighted by molar-refractivity contribution is 8.01. The Bertz CT molecular complexity index is 689. The fourth-order valence-electron chi connectivity index (χ4n) is 3.40. The van der Waals surface area contributed by atoms with Crippen LogP contribution in [0, 0.1) is 0 Å². The summed E-state index contributed by atoms with van der Waals surface area (Å²) in [5.74, 6) is 0.303. The first kappa shape index (κ1) is 15.7. The number of carbonyl (C=O) groups is 1. The van der Waals surface area contributed by atoms with Gasteiger partial charge in [0.15, 0.2) is 0 Å². The predicted octanol–water partition coefficient (Wildman–Crippen LogP) is 2.44. The van der Waals surface area contributed by atoms with Crippen LogP contribution in [0.4, 0.5) is 0 Å². The van der Waals surface area contributed by atoms with Gasteiger partial charge in [0.2, 0.25) is 5.91 Å². The van der Waals surface area contributed by atoms with Crippen molar-refractivity contribution < 1.29 is 4.79 Å². The van der Waals surface area contributed by atoms with Gasteiger partial charge in [0.1, 0.15) is 0 Å². The molecule has 0 radical (unpaired) electrons. The zero-order valence-electron chi connectivity index (χ0n) is 13.6. The summed E-state index contributed by atoms with van der Waals surface area (Å²) >= 11 is 1.73. The van der Waals surface area contributed by atoms with Gasteiger partial charge < -0.3 is 4.90 Å². The maximum Gasteiger partial charge on any atom is 0.236 e. The minimum atomic E-state index is 0.0623. The Kier molecular flexibility index (Phi) is 4.54. The Morgan fingerprint density at radius 1 is 1.12 bits per heavy atom. The summed E-state index contributed by atoms with van der Waals surface area (Å²) in [5, 5.41) is 0.0623. The quantitative estimate of drug-likeness (QED) is 0.861. The lowest BCUT2D eigenvalue weighted by Gasteiger charge is -2.35. The number of piperazine rings is 1. The molecule has 4 nitrogen and oxygen atoms in total. The second-order valence-corrected chi connectivity index (χ2v) is 7.63. The van der Waals surface area contributed by atoms with E-state index in [2.05, 4.69) is 40.2 Å². The number of thioether (sulfide) groups is 1. The molecule has 2 aliphatic heterocycles. The highest BCUT2D eigenvalue weighted by atomic mass is 32.2. The molecular formula is C19H21N3OS. The number of rotatable bonds is 3. The zero-order chi connectivity index (χ0) is 16.4. The zero-order valence-corrected chi connectivity index (χ0v) is 14.4. The average Bonchev–Trinajstić information content (AvgIpc) is 3.07. The molecule has 2 aromatic rings. The van der Waals surface area contributed by atoms with Crippen molar-refractivity contribution in [2.75, 3.05) is 26.2 Å². The van der Waals surface area contributed by atoms with Gasteiger partial charge >= 0.3 is 0 Å². The van der Waals surface area contributed by atoms with Gasteiger partial charge in [-0.05, 0) is 29.7 Å². The van der Waals surface area contributed by atoms with Crippen molar-refractivity contribution in [2.24, 2.45) is 0 Å². The molecule has 0 aliphatic carbocycles. The SMILES string of the molecule is O=C(C1Cc2ccccc2S1)N1CCN(Cc2cccnc2)CC1. The van der Waals surface area contributed by atoms with Crippen molar-refractivity contribution in [1.29, 1.82) is 0 Å². The molecule has 0 spiro atoms. The van der Waals surface area contributed by atoms with Crippen LogP contribution in [-0.2, 0) is 17.8 Å². The van der Waals surface area contributed by atoms with E-state index >= 15 is 0 Å². The minimum absolute atomic E-state index is 0.0623. The molecular weight excluding hydrogens is 318 g/mol. The molecule has 3 heterocycles. The van der Waals surface area contributed by atoms with E-state index < -0.39 is 0 Å². The lowest BCUT2D eigenvalue weighted by atomic mass is 10.1. The number of aromatic nitrogens is 1. The number of fused-ring (bicyclic) bond motifs is 1. The molecule has 1 atom stereocenters. The van der Waals surface area contributed by atoms with Crippen molar-refractivity contribution in [3.63, 3.8) is 0 Å². The minimum Gasteiger partial charge on any atom is -0.339 e. The summed E-state index contributed by atoms with van der Waals surface area (Å²) in [6.07, 6.45) is 4.59. The predicted molar refractivity (Wildman–Crippen MR) is 95.9 cm³/mol. The topological polar surface area (TPSA) is 36.4 Å². The molecule has 0 bridgehead atoms. The molecule has 1 unspecified atom stereocenters. The summed E-state index contributed by atoms with van der Waals surface area (Å²) in [7, 11) is 0. The fourth-order valence-corrected chi connectivity index (χ4v) is 4.68. The van der Waals surface area contributed by atoms with Gasteiger partial charge in [0.25, 0.3) is 0 Å². The van der Waals surface area contributed by atoms with Crippen molar-refractivity contribution in [3.05, 3.63) is 59.9 Å². The third kappa shape index (κ3) is 3.32. The number of carbonyl (C=O) groups excluding carboxylic acids is 1. The third-order valence-corrected chi connectivity index (χ3v) is 6.04. The molecule has 1 aromatic heterocycles. The summed E-state index contributed by atoms with van der Waals surface area (Å²) in [6.45, 7) is 4.44. The van der Waals surface area contributed by atoms with E-state index in [1.165, 1.54) is 16.0 Å². The molecule has 0 saturated carbocycles. The molecule has 1 fully saturated rings. The first-order valence-corrected chi connectivity index (χ1v) is 9.32. The van der Waals surface area contributed by atoms with Crippen LogP contribution in [0.25, 0.3) is 0 Å². The monoisotopic (exact) mass is 339 g/mol. The van der Waals surface area contributed by atoms with E-state index in [4.69, 9.17) is 0 Å². The molecule has 24 heavy (non-hydrogen) atoms. The van der Waals surface area contributed by atoms with E-state index in [0.29, 0.717) is 5.91 Å². The van der Waals surface area contributed by atoms with Crippen LogP contribution in [0.3, 0.4) is 0 Å². The van der Waals surface area contributed by atoms with Crippen LogP contribution in [0.5, 0.6) is 0 Å². The second kappa shape index (κ2) is 6.95. The Morgan fingerprint density at radius 3 is 2.71 bits per heavy atom. The van der Waals surface area contributed by atoms with Crippen LogP contribution >= 0.6 is 11.8 Å². The van der Waals surface area contributed by atoms with E-state index in [-0.39, 0.29) is 5.25 Å². The van der Waals surface area contributed by atoms with E-state index in [1.54, 1.807) is 18.0 Å². The normalized spacial score (nSPS) is 20.8. The van der Waals surface area contributed by atoms with E-state index in [0.717, 1.165) is 39.1 Å². The van der Waals surface area contributed by atoms with Crippen LogP contribution in [0.15, 0.2) is 53.7 Å². The molecule has 0 N–H and O–H groups in total. The summed E-state index contributed by atoms with van der Waals surface area (Å²) in [5.41, 5.74) is 2.55. The van der Waals surface area contributed by atoms with Crippen LogP contribution in [0.2, 0.25) is 0 Å². The van der Waals surface area contributed by atoms with Gasteiger partial charge in [0, 0.05) is 50.0 Å². The Labute approximate surface area is 146 Å². The summed E-state index contributed by atoms with van der Waals surface area (Å²) in [6, 6.07) is 12.5. The van der Waals surface area contributed by atoms with Gasteiger partial charge in [-0.15, -0.1) is 11.8 Å². The number of pyridine rings is 1. The maximum atomic E-state index is 12.8. The smallest absolute Gasteiger partial charge is 0.236 e. The molecule has 1 amide bonds. The lowest BCUT2D eigenvalue weighted by molar-refractivity contribution is -0.132. The lowest BCUT2D eigenvalue weighted by Crippen LogP contribution is -2.50. The molecule has 2 aliphatic rings. The number of nitrogens with zero attached hydrogens (tertiary/aromatic N) is 3. The molecule has 1 aromatic carbocycles. The van der Waals surface area contributed by atoms with E-state index in [1.807, 2.05) is 17.2 Å². The van der Waals surface area contributed by atoms with E-state index in [9.17, 15) is 4.79 Å². The van der Waals surface area contributed by atoms with Gasteiger partial charge in [-0.3, -0.25) is 14.7 Å². The van der Waals surface area contributed by atoms with Crippen molar-refractivity contribution >= 4 is 17.7 Å². The summed E-state index contributed by atoms with van der Waals surface area (Å²) < 4.78 is 0. The first-order valence-electron chi connectivity index (χ1n) is 8.44. The largest absolute Gasteiger partial charge is 0.339 e.